The predicted molar refractivity (Wildman–Crippen MR) is 26.2 cm³/mol. The Bertz CT molecular complexity index is 23.0. The Morgan fingerprint density at radius 3 is 2.00 bits per heavy atom. The topological polar surface area (TPSA) is 9.23 Å². The zero-order chi connectivity index (χ0) is 4.24. The molecule has 1 heterocycles. The van der Waals surface area contributed by atoms with Crippen molar-refractivity contribution in [3.8, 4) is 0 Å². The zero-order valence-corrected chi connectivity index (χ0v) is 5.98. The Labute approximate surface area is 48.1 Å². The second-order valence-electron chi connectivity index (χ2n) is 1.22. The van der Waals surface area contributed by atoms with Gasteiger partial charge < -0.3 is 0 Å². The number of rotatable bonds is 0. The van der Waals surface area contributed by atoms with Crippen LogP contribution in [0.3, 0.4) is 0 Å². The van der Waals surface area contributed by atoms with E-state index in [1.54, 1.807) is 0 Å². The average molecular weight is 200 g/mol. The molecule has 0 aromatic rings. The van der Waals surface area contributed by atoms with Gasteiger partial charge in [0.15, 0.2) is 0 Å². The van der Waals surface area contributed by atoms with E-state index in [9.17, 15) is 0 Å². The van der Waals surface area contributed by atoms with Crippen molar-refractivity contribution in [3.63, 3.8) is 0 Å². The summed E-state index contributed by atoms with van der Waals surface area (Å²) in [6, 6.07) is 0. The van der Waals surface area contributed by atoms with Crippen LogP contribution >= 0.6 is 0 Å². The van der Waals surface area contributed by atoms with E-state index in [1.165, 1.54) is 8.94 Å². The molecule has 0 atom stereocenters. The number of ether oxygens (including phenoxy) is 1. The van der Waals surface area contributed by atoms with Crippen LogP contribution in [0.2, 0.25) is 8.94 Å². The van der Waals surface area contributed by atoms with Crippen molar-refractivity contribution < 1.29 is 4.74 Å². The first-order valence-corrected chi connectivity index (χ1v) is 5.45. The van der Waals surface area contributed by atoms with Crippen LogP contribution in [0.4, 0.5) is 0 Å². The fourth-order valence-corrected chi connectivity index (χ4v) is 2.37. The van der Waals surface area contributed by atoms with Crippen LogP contribution in [0, 0.1) is 0 Å². The van der Waals surface area contributed by atoms with Crippen molar-refractivity contribution in [1.29, 1.82) is 0 Å². The third-order valence-electron chi connectivity index (χ3n) is 0.744. The van der Waals surface area contributed by atoms with Crippen LogP contribution in [-0.4, -0.2) is 34.1 Å². The molecule has 0 saturated carbocycles. The monoisotopic (exact) mass is 202 g/mol. The van der Waals surface area contributed by atoms with Crippen molar-refractivity contribution in [2.75, 3.05) is 13.2 Å². The molecule has 0 N–H and O–H groups in total. The van der Waals surface area contributed by atoms with Crippen LogP contribution in [0.5, 0.6) is 0 Å². The summed E-state index contributed by atoms with van der Waals surface area (Å²) >= 11 is 0.447. The number of hydrogen-bond donors (Lipinski definition) is 0. The molecule has 0 aliphatic carbocycles. The van der Waals surface area contributed by atoms with Crippen LogP contribution in [-0.2, 0) is 4.74 Å². The van der Waals surface area contributed by atoms with Crippen LogP contribution < -0.4 is 0 Å². The second kappa shape index (κ2) is 2.85. The summed E-state index contributed by atoms with van der Waals surface area (Å²) in [7, 11) is 0. The van der Waals surface area contributed by atoms with Crippen molar-refractivity contribution >= 4 is 20.9 Å². The van der Waals surface area contributed by atoms with Gasteiger partial charge in [0.1, 0.15) is 0 Å². The van der Waals surface area contributed by atoms with Gasteiger partial charge in [-0.3, -0.25) is 0 Å². The third kappa shape index (κ3) is 1.47. The van der Waals surface area contributed by atoms with Crippen LogP contribution in [0.15, 0.2) is 0 Å². The average Bonchev–Trinajstić information content (AvgIpc) is 1.72. The summed E-state index contributed by atoms with van der Waals surface area (Å²) in [4.78, 5) is 0. The Morgan fingerprint density at radius 1 is 1.17 bits per heavy atom. The summed E-state index contributed by atoms with van der Waals surface area (Å²) in [5.41, 5.74) is 0. The van der Waals surface area contributed by atoms with Gasteiger partial charge in [0, 0.05) is 0 Å². The molecule has 1 fully saturated rings. The standard InChI is InChI=1S/C4H8OTe/c1-3-6-4-2-5-1/h1-4H2. The van der Waals surface area contributed by atoms with Gasteiger partial charge >= 0.3 is 47.8 Å². The minimum atomic E-state index is 0.447. The van der Waals surface area contributed by atoms with Gasteiger partial charge in [0.2, 0.25) is 0 Å². The molecule has 1 saturated heterocycles. The maximum atomic E-state index is 5.10. The molecule has 2 heteroatoms. The van der Waals surface area contributed by atoms with Crippen molar-refractivity contribution in [2.24, 2.45) is 0 Å². The fraction of sp³-hybridized carbons (Fsp3) is 1.00. The third-order valence-corrected chi connectivity index (χ3v) is 3.34. The van der Waals surface area contributed by atoms with Gasteiger partial charge in [-0.25, -0.2) is 0 Å². The van der Waals surface area contributed by atoms with E-state index in [-0.39, 0.29) is 0 Å². The fourth-order valence-electron chi connectivity index (χ4n) is 0.440. The van der Waals surface area contributed by atoms with Gasteiger partial charge in [-0.1, -0.05) is 0 Å². The maximum absolute atomic E-state index is 5.10. The van der Waals surface area contributed by atoms with Gasteiger partial charge in [0.25, 0.3) is 0 Å². The molecule has 0 radical (unpaired) electrons. The summed E-state index contributed by atoms with van der Waals surface area (Å²) in [6.45, 7) is 2.12. The molecule has 0 spiro atoms. The normalized spacial score (nSPS) is 24.0. The molecule has 0 aromatic carbocycles. The van der Waals surface area contributed by atoms with Crippen molar-refractivity contribution in [3.05, 3.63) is 0 Å². The molecule has 0 unspecified atom stereocenters. The van der Waals surface area contributed by atoms with Gasteiger partial charge in [-0.15, -0.1) is 0 Å². The van der Waals surface area contributed by atoms with Gasteiger partial charge in [0.05, 0.1) is 0 Å². The molecule has 0 bridgehead atoms. The first-order chi connectivity index (χ1) is 3.00. The summed E-state index contributed by atoms with van der Waals surface area (Å²) < 4.78 is 7.92. The molecular weight excluding hydrogens is 192 g/mol. The molecule has 1 aliphatic heterocycles. The first kappa shape index (κ1) is 4.90. The van der Waals surface area contributed by atoms with Crippen molar-refractivity contribution in [1.82, 2.24) is 0 Å². The minimum absolute atomic E-state index is 0.447. The Hall–Kier alpha value is 0.750. The van der Waals surface area contributed by atoms with Gasteiger partial charge in [-0.05, 0) is 0 Å². The van der Waals surface area contributed by atoms with E-state index in [4.69, 9.17) is 4.74 Å². The predicted octanol–water partition coefficient (Wildman–Crippen LogP) is 0.557. The molecular formula is C4H8OTe. The van der Waals surface area contributed by atoms with Gasteiger partial charge in [-0.2, -0.15) is 0 Å². The molecule has 0 amide bonds. The van der Waals surface area contributed by atoms with Crippen LogP contribution in [0.25, 0.3) is 0 Å². The Morgan fingerprint density at radius 2 is 1.83 bits per heavy atom. The SMILES string of the molecule is C1C[Te]CCO1. The Balaban J connectivity index is 2.00. The van der Waals surface area contributed by atoms with E-state index in [1.807, 2.05) is 0 Å². The number of hydrogen-bond acceptors (Lipinski definition) is 1. The first-order valence-electron chi connectivity index (χ1n) is 2.15. The van der Waals surface area contributed by atoms with E-state index < -0.39 is 0 Å². The van der Waals surface area contributed by atoms with E-state index in [2.05, 4.69) is 0 Å². The molecule has 36 valence electrons. The summed E-state index contributed by atoms with van der Waals surface area (Å²) in [6.07, 6.45) is 0. The molecule has 1 aliphatic rings. The quantitative estimate of drug-likeness (QED) is 0.518. The van der Waals surface area contributed by atoms with E-state index >= 15 is 0 Å². The van der Waals surface area contributed by atoms with Crippen LogP contribution in [0.1, 0.15) is 0 Å². The molecule has 6 heavy (non-hydrogen) atoms. The Kier molecular flexibility index (Phi) is 2.32. The van der Waals surface area contributed by atoms with Crippen molar-refractivity contribution in [2.45, 2.75) is 8.94 Å². The summed E-state index contributed by atoms with van der Waals surface area (Å²) in [5.74, 6) is 0. The summed E-state index contributed by atoms with van der Waals surface area (Å²) in [5, 5.41) is 0. The van der Waals surface area contributed by atoms with E-state index in [0.29, 0.717) is 20.9 Å². The molecule has 0 aromatic heterocycles. The molecule has 1 rings (SSSR count). The zero-order valence-electron chi connectivity index (χ0n) is 3.64. The molecule has 1 nitrogen and oxygen atoms in total. The second-order valence-corrected chi connectivity index (χ2v) is 4.72. The van der Waals surface area contributed by atoms with E-state index in [0.717, 1.165) is 13.2 Å².